The lowest BCUT2D eigenvalue weighted by Crippen LogP contribution is -2.70. The molecule has 6 atom stereocenters. The molecule has 8 N–H and O–H groups in total. The molecule has 3 aliphatic carbocycles. The molecule has 42 heavy (non-hydrogen) atoms. The Morgan fingerprint density at radius 2 is 1.76 bits per heavy atom. The number of fused-ring (bicyclic) bond motifs is 3. The number of carbonyl (C=O) groups excluding carboxylic acids is 4. The zero-order valence-electron chi connectivity index (χ0n) is 23.6. The largest absolute Gasteiger partial charge is 0.508 e. The Labute approximate surface area is 241 Å². The molecular formula is C29H36N4O9. The van der Waals surface area contributed by atoms with Crippen molar-refractivity contribution >= 4 is 34.8 Å². The standard InChI is InChI=1S/C29H36N4O9/c1-12-13-7-8-14(31-15(34)11-33-9-5-4-6-10-33)22(35)17(13)23(36)18-16(12)24(37)20-21(32(2)3)25(38)19(28(30)41)27(40)29(20,42)26(18)39/h7-8,12,16,20-21,24,35-37,40,42H,4-6,9-11H2,1-3H3,(H2,30,41)(H,31,34)/t12-,16?,20?,21-,24-,29-/m0/s1. The van der Waals surface area contributed by atoms with Crippen LogP contribution in [0, 0.1) is 11.8 Å². The number of hydrogen-bond donors (Lipinski definition) is 7. The Bertz CT molecular complexity index is 1440. The number of phenols is 1. The molecule has 0 radical (unpaired) electrons. The smallest absolute Gasteiger partial charge is 0.255 e. The van der Waals surface area contributed by atoms with E-state index < -0.39 is 81.4 Å². The molecule has 226 valence electrons. The second kappa shape index (κ2) is 10.5. The summed E-state index contributed by atoms with van der Waals surface area (Å²) in [5.41, 5.74) is 1.05. The van der Waals surface area contributed by atoms with Crippen LogP contribution in [0.25, 0.3) is 5.76 Å². The Morgan fingerprint density at radius 3 is 2.36 bits per heavy atom. The van der Waals surface area contributed by atoms with E-state index in [0.29, 0.717) is 5.56 Å². The highest BCUT2D eigenvalue weighted by Gasteiger charge is 2.68. The lowest BCUT2D eigenvalue weighted by molar-refractivity contribution is -0.169. The number of likely N-dealkylation sites (tertiary alicyclic amines) is 1. The van der Waals surface area contributed by atoms with Crippen LogP contribution in [-0.4, -0.2) is 110 Å². The third kappa shape index (κ3) is 4.22. The second-order valence-electron chi connectivity index (χ2n) is 11.9. The summed E-state index contributed by atoms with van der Waals surface area (Å²) < 4.78 is 0. The van der Waals surface area contributed by atoms with Crippen molar-refractivity contribution in [1.82, 2.24) is 9.80 Å². The van der Waals surface area contributed by atoms with E-state index in [1.54, 1.807) is 13.0 Å². The fourth-order valence-corrected chi connectivity index (χ4v) is 7.23. The molecule has 0 bridgehead atoms. The molecule has 13 nitrogen and oxygen atoms in total. The minimum atomic E-state index is -2.99. The third-order valence-corrected chi connectivity index (χ3v) is 9.22. The van der Waals surface area contributed by atoms with Crippen LogP contribution in [0.2, 0.25) is 0 Å². The van der Waals surface area contributed by atoms with Crippen LogP contribution in [0.3, 0.4) is 0 Å². The Hall–Kier alpha value is -3.78. The van der Waals surface area contributed by atoms with Gasteiger partial charge in [-0.2, -0.15) is 0 Å². The third-order valence-electron chi connectivity index (χ3n) is 9.22. The van der Waals surface area contributed by atoms with E-state index in [1.165, 1.54) is 25.1 Å². The number of phenolic OH excluding ortho intramolecular Hbond substituents is 1. The number of amides is 2. The minimum Gasteiger partial charge on any atom is -0.508 e. The molecule has 2 unspecified atom stereocenters. The van der Waals surface area contributed by atoms with Crippen LogP contribution in [0.4, 0.5) is 5.69 Å². The van der Waals surface area contributed by atoms with Crippen LogP contribution >= 0.6 is 0 Å². The number of carbonyl (C=O) groups is 4. The summed E-state index contributed by atoms with van der Waals surface area (Å²) in [7, 11) is 2.89. The summed E-state index contributed by atoms with van der Waals surface area (Å²) in [5, 5.41) is 59.7. The summed E-state index contributed by atoms with van der Waals surface area (Å²) in [6.07, 6.45) is 1.40. The Kier molecular flexibility index (Phi) is 7.42. The molecule has 1 aromatic rings. The molecule has 5 rings (SSSR count). The zero-order chi connectivity index (χ0) is 30.8. The summed E-state index contributed by atoms with van der Waals surface area (Å²) in [6.45, 7) is 3.32. The number of nitrogens with one attached hydrogen (secondary N) is 1. The molecule has 1 saturated heterocycles. The Morgan fingerprint density at radius 1 is 1.12 bits per heavy atom. The highest BCUT2D eigenvalue weighted by Crippen LogP contribution is 2.56. The SMILES string of the molecule is C[C@H]1c2ccc(NC(=O)CN3CCCCC3)c(O)c2C(O)=C2C(=O)[C@]3(O)C(O)=C(C(N)=O)C(=O)[C@@H](N(C)C)C3[C@@H](O)C21. The first-order valence-electron chi connectivity index (χ1n) is 13.9. The lowest BCUT2D eigenvalue weighted by atomic mass is 9.54. The number of likely N-dealkylation sites (N-methyl/N-ethyl adjacent to an activating group) is 1. The predicted molar refractivity (Wildman–Crippen MR) is 149 cm³/mol. The number of primary amides is 1. The van der Waals surface area contributed by atoms with Crippen molar-refractivity contribution in [3.05, 3.63) is 40.2 Å². The van der Waals surface area contributed by atoms with E-state index in [1.807, 2.05) is 4.90 Å². The van der Waals surface area contributed by atoms with E-state index >= 15 is 0 Å². The van der Waals surface area contributed by atoms with Gasteiger partial charge in [-0.1, -0.05) is 19.4 Å². The quantitative estimate of drug-likeness (QED) is 0.179. The topological polar surface area (TPSA) is 214 Å². The van der Waals surface area contributed by atoms with E-state index in [-0.39, 0.29) is 23.7 Å². The van der Waals surface area contributed by atoms with Crippen molar-refractivity contribution in [3.8, 4) is 5.75 Å². The molecule has 1 aromatic carbocycles. The van der Waals surface area contributed by atoms with E-state index in [9.17, 15) is 44.7 Å². The van der Waals surface area contributed by atoms with Gasteiger partial charge in [0.25, 0.3) is 5.91 Å². The Balaban J connectivity index is 1.61. The molecule has 4 aliphatic rings. The fourth-order valence-electron chi connectivity index (χ4n) is 7.23. The normalized spacial score (nSPS) is 31.5. The van der Waals surface area contributed by atoms with Gasteiger partial charge in [-0.3, -0.25) is 29.0 Å². The average Bonchev–Trinajstić information content (AvgIpc) is 2.92. The monoisotopic (exact) mass is 584 g/mol. The first kappa shape index (κ1) is 29.7. The van der Waals surface area contributed by atoms with Gasteiger partial charge in [0.1, 0.15) is 22.8 Å². The molecule has 2 fully saturated rings. The van der Waals surface area contributed by atoms with Gasteiger partial charge >= 0.3 is 0 Å². The van der Waals surface area contributed by atoms with Gasteiger partial charge in [0.2, 0.25) is 11.7 Å². The van der Waals surface area contributed by atoms with Gasteiger partial charge in [-0.05, 0) is 57.6 Å². The highest BCUT2D eigenvalue weighted by atomic mass is 16.4. The van der Waals surface area contributed by atoms with Gasteiger partial charge < -0.3 is 36.6 Å². The number of piperidine rings is 1. The maximum absolute atomic E-state index is 14.1. The van der Waals surface area contributed by atoms with Crippen LogP contribution in [0.1, 0.15) is 43.2 Å². The molecule has 1 saturated carbocycles. The predicted octanol–water partition coefficient (Wildman–Crippen LogP) is -0.0798. The average molecular weight is 585 g/mol. The van der Waals surface area contributed by atoms with E-state index in [0.717, 1.165) is 32.4 Å². The number of Topliss-reactive ketones (excluding diaryl/α,β-unsaturated/α-hetero) is 2. The number of anilines is 1. The van der Waals surface area contributed by atoms with Crippen molar-refractivity contribution in [2.75, 3.05) is 39.0 Å². The lowest BCUT2D eigenvalue weighted by Gasteiger charge is -2.53. The molecule has 2 amide bonds. The molecular weight excluding hydrogens is 548 g/mol. The number of aliphatic hydroxyl groups excluding tert-OH is 3. The van der Waals surface area contributed by atoms with Crippen molar-refractivity contribution in [1.29, 1.82) is 0 Å². The number of aliphatic hydroxyl groups is 4. The van der Waals surface area contributed by atoms with Gasteiger partial charge in [-0.25, -0.2) is 0 Å². The zero-order valence-corrected chi connectivity index (χ0v) is 23.6. The number of nitrogens with zero attached hydrogens (tertiary/aromatic N) is 2. The van der Waals surface area contributed by atoms with Crippen LogP contribution < -0.4 is 11.1 Å². The second-order valence-corrected chi connectivity index (χ2v) is 11.9. The van der Waals surface area contributed by atoms with Gasteiger partial charge in [0, 0.05) is 11.5 Å². The maximum atomic E-state index is 14.1. The van der Waals surface area contributed by atoms with E-state index in [4.69, 9.17) is 5.73 Å². The maximum Gasteiger partial charge on any atom is 0.255 e. The molecule has 0 spiro atoms. The van der Waals surface area contributed by atoms with Crippen LogP contribution in [-0.2, 0) is 19.2 Å². The summed E-state index contributed by atoms with van der Waals surface area (Å²) in [4.78, 5) is 55.5. The number of rotatable bonds is 5. The van der Waals surface area contributed by atoms with Crippen molar-refractivity contribution in [2.24, 2.45) is 17.6 Å². The van der Waals surface area contributed by atoms with Crippen LogP contribution in [0.15, 0.2) is 29.0 Å². The van der Waals surface area contributed by atoms with Crippen molar-refractivity contribution in [2.45, 2.75) is 49.9 Å². The summed E-state index contributed by atoms with van der Waals surface area (Å²) in [5.74, 6) is -10.1. The molecule has 1 aliphatic heterocycles. The molecule has 0 aromatic heterocycles. The number of benzene rings is 1. The fraction of sp³-hybridized carbons (Fsp3) is 0.517. The number of nitrogens with two attached hydrogens (primary N) is 1. The summed E-state index contributed by atoms with van der Waals surface area (Å²) in [6, 6.07) is 1.60. The van der Waals surface area contributed by atoms with E-state index in [2.05, 4.69) is 5.32 Å². The highest BCUT2D eigenvalue weighted by molar-refractivity contribution is 6.24. The molecule has 13 heteroatoms. The van der Waals surface area contributed by atoms with Crippen molar-refractivity contribution < 1.29 is 44.7 Å². The first-order chi connectivity index (χ1) is 19.7. The van der Waals surface area contributed by atoms with Gasteiger partial charge in [0.05, 0.1) is 35.9 Å². The molecule has 1 heterocycles. The number of ketones is 2. The summed E-state index contributed by atoms with van der Waals surface area (Å²) >= 11 is 0. The first-order valence-corrected chi connectivity index (χ1v) is 13.9. The number of aromatic hydroxyl groups is 1. The minimum absolute atomic E-state index is 0.0105. The van der Waals surface area contributed by atoms with Gasteiger partial charge in [0.15, 0.2) is 11.4 Å². The van der Waals surface area contributed by atoms with Crippen molar-refractivity contribution in [3.63, 3.8) is 0 Å². The van der Waals surface area contributed by atoms with Crippen LogP contribution in [0.5, 0.6) is 5.75 Å². The van der Waals surface area contributed by atoms with Gasteiger partial charge in [-0.15, -0.1) is 0 Å². The number of hydrogen-bond acceptors (Lipinski definition) is 11.